The molecular formula is C14H23N3O. The molecule has 2 unspecified atom stereocenters. The van der Waals surface area contributed by atoms with Gasteiger partial charge in [-0.15, -0.1) is 0 Å². The van der Waals surface area contributed by atoms with E-state index in [1.807, 2.05) is 19.1 Å². The quantitative estimate of drug-likeness (QED) is 0.806. The lowest BCUT2D eigenvalue weighted by atomic mass is 10.0. The van der Waals surface area contributed by atoms with Crippen LogP contribution < -0.4 is 5.73 Å². The molecule has 0 aromatic carbocycles. The van der Waals surface area contributed by atoms with E-state index in [0.717, 1.165) is 18.8 Å². The third kappa shape index (κ3) is 4.17. The van der Waals surface area contributed by atoms with Crippen molar-refractivity contribution in [3.63, 3.8) is 0 Å². The second-order valence-corrected chi connectivity index (χ2v) is 5.12. The predicted octanol–water partition coefficient (Wildman–Crippen LogP) is 2.54. The minimum absolute atomic E-state index is 0.0337. The molecular weight excluding hydrogens is 226 g/mol. The maximum atomic E-state index is 8.77. The van der Waals surface area contributed by atoms with Crippen LogP contribution in [-0.4, -0.2) is 24.0 Å². The first-order chi connectivity index (χ1) is 8.56. The van der Waals surface area contributed by atoms with Crippen LogP contribution in [0.4, 0.5) is 0 Å². The molecule has 0 aliphatic heterocycles. The Morgan fingerprint density at radius 3 is 2.61 bits per heavy atom. The number of furan rings is 1. The molecule has 0 fully saturated rings. The molecule has 0 aliphatic rings. The van der Waals surface area contributed by atoms with Crippen molar-refractivity contribution >= 4 is 0 Å². The summed E-state index contributed by atoms with van der Waals surface area (Å²) in [6.45, 7) is 7.95. The Balaban J connectivity index is 2.87. The average Bonchev–Trinajstić information content (AvgIpc) is 2.78. The summed E-state index contributed by atoms with van der Waals surface area (Å²) in [6, 6.07) is 6.03. The summed E-state index contributed by atoms with van der Waals surface area (Å²) < 4.78 is 5.49. The molecule has 1 rings (SSSR count). The zero-order valence-corrected chi connectivity index (χ0v) is 11.5. The lowest BCUT2D eigenvalue weighted by Crippen LogP contribution is -2.41. The first kappa shape index (κ1) is 14.7. The molecule has 2 atom stereocenters. The van der Waals surface area contributed by atoms with E-state index in [1.165, 1.54) is 0 Å². The zero-order chi connectivity index (χ0) is 13.5. The molecule has 0 aliphatic carbocycles. The van der Waals surface area contributed by atoms with Gasteiger partial charge >= 0.3 is 0 Å². The van der Waals surface area contributed by atoms with Gasteiger partial charge < -0.3 is 10.2 Å². The Morgan fingerprint density at radius 1 is 1.44 bits per heavy atom. The number of rotatable bonds is 7. The summed E-state index contributed by atoms with van der Waals surface area (Å²) in [5, 5.41) is 8.77. The third-order valence-corrected chi connectivity index (χ3v) is 2.84. The fraction of sp³-hybridized carbons (Fsp3) is 0.643. The van der Waals surface area contributed by atoms with Gasteiger partial charge in [-0.25, -0.2) is 0 Å². The van der Waals surface area contributed by atoms with E-state index in [4.69, 9.17) is 15.4 Å². The molecule has 1 aromatic rings. The second kappa shape index (κ2) is 7.20. The van der Waals surface area contributed by atoms with E-state index < -0.39 is 0 Å². The van der Waals surface area contributed by atoms with Gasteiger partial charge in [0.1, 0.15) is 5.76 Å². The molecule has 0 saturated carbocycles. The van der Waals surface area contributed by atoms with Gasteiger partial charge in [0.05, 0.1) is 18.4 Å². The molecule has 18 heavy (non-hydrogen) atoms. The van der Waals surface area contributed by atoms with Crippen molar-refractivity contribution < 1.29 is 4.42 Å². The number of nitrogens with two attached hydrogens (primary N) is 1. The molecule has 1 heterocycles. The smallest absolute Gasteiger partial charge is 0.122 e. The average molecular weight is 249 g/mol. The van der Waals surface area contributed by atoms with Gasteiger partial charge in [-0.3, -0.25) is 4.90 Å². The van der Waals surface area contributed by atoms with E-state index in [9.17, 15) is 0 Å². The van der Waals surface area contributed by atoms with Crippen molar-refractivity contribution in [2.45, 2.75) is 39.3 Å². The van der Waals surface area contributed by atoms with Gasteiger partial charge in [0.25, 0.3) is 0 Å². The Bertz CT molecular complexity index is 365. The van der Waals surface area contributed by atoms with Gasteiger partial charge in [-0.05, 0) is 25.0 Å². The van der Waals surface area contributed by atoms with Crippen molar-refractivity contribution in [2.24, 2.45) is 11.7 Å². The molecule has 4 nitrogen and oxygen atoms in total. The molecule has 2 N–H and O–H groups in total. The van der Waals surface area contributed by atoms with Crippen LogP contribution in [0.25, 0.3) is 0 Å². The highest BCUT2D eigenvalue weighted by Crippen LogP contribution is 2.25. The zero-order valence-electron chi connectivity index (χ0n) is 11.5. The second-order valence-electron chi connectivity index (χ2n) is 5.12. The van der Waals surface area contributed by atoms with Crippen LogP contribution in [0.5, 0.6) is 0 Å². The monoisotopic (exact) mass is 249 g/mol. The van der Waals surface area contributed by atoms with Crippen molar-refractivity contribution in [1.29, 1.82) is 5.26 Å². The van der Waals surface area contributed by atoms with Gasteiger partial charge in [-0.2, -0.15) is 5.26 Å². The molecule has 100 valence electrons. The van der Waals surface area contributed by atoms with E-state index in [1.54, 1.807) is 6.26 Å². The van der Waals surface area contributed by atoms with Crippen molar-refractivity contribution in [2.75, 3.05) is 13.1 Å². The van der Waals surface area contributed by atoms with Crippen LogP contribution in [0.2, 0.25) is 0 Å². The first-order valence-corrected chi connectivity index (χ1v) is 6.46. The Kier molecular flexibility index (Phi) is 5.90. The van der Waals surface area contributed by atoms with E-state index >= 15 is 0 Å². The van der Waals surface area contributed by atoms with Crippen molar-refractivity contribution in [1.82, 2.24) is 4.90 Å². The number of nitrogens with zero attached hydrogens (tertiary/aromatic N) is 2. The molecule has 1 aromatic heterocycles. The number of hydrogen-bond donors (Lipinski definition) is 1. The summed E-state index contributed by atoms with van der Waals surface area (Å²) >= 11 is 0. The van der Waals surface area contributed by atoms with Crippen molar-refractivity contribution in [3.05, 3.63) is 24.2 Å². The van der Waals surface area contributed by atoms with Crippen LogP contribution in [0.1, 0.15) is 39.0 Å². The molecule has 0 radical (unpaired) electrons. The van der Waals surface area contributed by atoms with Crippen LogP contribution in [0.3, 0.4) is 0 Å². The largest absolute Gasteiger partial charge is 0.468 e. The molecule has 0 spiro atoms. The Labute approximate surface area is 109 Å². The van der Waals surface area contributed by atoms with Gasteiger partial charge in [0, 0.05) is 25.6 Å². The minimum atomic E-state index is -0.0337. The number of hydrogen-bond acceptors (Lipinski definition) is 4. The summed E-state index contributed by atoms with van der Waals surface area (Å²) in [6.07, 6.45) is 2.18. The summed E-state index contributed by atoms with van der Waals surface area (Å²) in [5.41, 5.74) is 6.09. The topological polar surface area (TPSA) is 66.2 Å². The van der Waals surface area contributed by atoms with Crippen LogP contribution >= 0.6 is 0 Å². The van der Waals surface area contributed by atoms with Gasteiger partial charge in [-0.1, -0.05) is 13.8 Å². The van der Waals surface area contributed by atoms with Gasteiger partial charge in [0.15, 0.2) is 0 Å². The summed E-state index contributed by atoms with van der Waals surface area (Å²) in [4.78, 5) is 2.25. The summed E-state index contributed by atoms with van der Waals surface area (Å²) in [7, 11) is 0. The Morgan fingerprint density at radius 2 is 2.17 bits per heavy atom. The van der Waals surface area contributed by atoms with Crippen LogP contribution in [-0.2, 0) is 0 Å². The maximum absolute atomic E-state index is 8.77. The highest BCUT2D eigenvalue weighted by Gasteiger charge is 2.26. The summed E-state index contributed by atoms with van der Waals surface area (Å²) in [5.74, 6) is 1.41. The fourth-order valence-electron chi connectivity index (χ4n) is 2.24. The normalized spacial score (nSPS) is 14.7. The predicted molar refractivity (Wildman–Crippen MR) is 71.7 cm³/mol. The van der Waals surface area contributed by atoms with E-state index in [0.29, 0.717) is 12.3 Å². The van der Waals surface area contributed by atoms with Gasteiger partial charge in [0.2, 0.25) is 0 Å². The molecule has 0 bridgehead atoms. The molecule has 4 heteroatoms. The van der Waals surface area contributed by atoms with E-state index in [-0.39, 0.29) is 12.1 Å². The fourth-order valence-corrected chi connectivity index (χ4v) is 2.24. The first-order valence-electron chi connectivity index (χ1n) is 6.46. The number of nitriles is 1. The highest BCUT2D eigenvalue weighted by atomic mass is 16.3. The third-order valence-electron chi connectivity index (χ3n) is 2.84. The van der Waals surface area contributed by atoms with Crippen LogP contribution in [0, 0.1) is 17.2 Å². The van der Waals surface area contributed by atoms with Crippen molar-refractivity contribution in [3.8, 4) is 6.07 Å². The Hall–Kier alpha value is -1.31. The maximum Gasteiger partial charge on any atom is 0.122 e. The highest BCUT2D eigenvalue weighted by molar-refractivity contribution is 5.07. The molecule has 0 saturated heterocycles. The lowest BCUT2D eigenvalue weighted by Gasteiger charge is -2.33. The lowest BCUT2D eigenvalue weighted by molar-refractivity contribution is 0.141. The van der Waals surface area contributed by atoms with Crippen LogP contribution in [0.15, 0.2) is 22.8 Å². The SMILES string of the molecule is CC(C)CN(CCC#N)C(c1ccco1)C(C)N. The minimum Gasteiger partial charge on any atom is -0.468 e. The molecule has 0 amide bonds. The van der Waals surface area contributed by atoms with E-state index in [2.05, 4.69) is 24.8 Å². The standard InChI is InChI=1S/C14H23N3O/c1-11(2)10-17(8-5-7-15)14(12(3)16)13-6-4-9-18-13/h4,6,9,11-12,14H,5,8,10,16H2,1-3H3.